The number of esters is 1. The number of hydrogen-bond acceptors (Lipinski definition) is 5. The maximum absolute atomic E-state index is 12.5. The molecule has 432 valence electrons. The zero-order valence-corrected chi connectivity index (χ0v) is 49.4. The summed E-state index contributed by atoms with van der Waals surface area (Å²) in [6, 6.07) is -0.564. The maximum atomic E-state index is 12.5. The quantitative estimate of drug-likeness (QED) is 0.0320. The van der Waals surface area contributed by atoms with E-state index in [1.54, 1.807) is 0 Å². The Morgan fingerprint density at radius 2 is 0.644 bits per heavy atom. The third-order valence-corrected chi connectivity index (χ3v) is 15.5. The predicted octanol–water partition coefficient (Wildman–Crippen LogP) is 21.0. The Bertz CT molecular complexity index is 1140. The highest BCUT2D eigenvalue weighted by atomic mass is 16.5. The molecule has 1 amide bonds. The van der Waals surface area contributed by atoms with Gasteiger partial charge in [0.15, 0.2) is 0 Å². The topological polar surface area (TPSA) is 95.9 Å². The molecule has 0 aliphatic rings. The standard InChI is InChI=1S/C67H129NO5/c1-3-5-7-9-11-13-15-17-19-21-23-24-25-26-27-28-29-30-32-35-39-43-47-51-55-59-65(70)64(63-69)68-66(71)60-56-52-48-44-40-36-34-38-42-46-50-54-58-62-73-67(72)61-57-53-49-45-41-37-33-31-22-20-18-16-14-12-10-8-6-4-2/h20,22,36,40,64-65,69-70H,3-19,21,23-35,37-39,41-63H2,1-2H3,(H,68,71)/b22-20-,40-36-. The lowest BCUT2D eigenvalue weighted by atomic mass is 10.0. The monoisotopic (exact) mass is 1030 g/mol. The van der Waals surface area contributed by atoms with Gasteiger partial charge < -0.3 is 20.3 Å². The van der Waals surface area contributed by atoms with Crippen LogP contribution >= 0.6 is 0 Å². The number of carbonyl (C=O) groups is 2. The average Bonchev–Trinajstić information content (AvgIpc) is 3.39. The number of carbonyl (C=O) groups excluding carboxylic acids is 2. The lowest BCUT2D eigenvalue weighted by molar-refractivity contribution is -0.143. The lowest BCUT2D eigenvalue weighted by Gasteiger charge is -2.22. The Hall–Kier alpha value is -1.66. The summed E-state index contributed by atoms with van der Waals surface area (Å²) < 4.78 is 5.48. The molecule has 0 aromatic carbocycles. The molecule has 73 heavy (non-hydrogen) atoms. The molecule has 2 atom stereocenters. The molecule has 0 saturated heterocycles. The smallest absolute Gasteiger partial charge is 0.305 e. The molecule has 6 heteroatoms. The van der Waals surface area contributed by atoms with Crippen molar-refractivity contribution in [2.45, 2.75) is 379 Å². The molecule has 3 N–H and O–H groups in total. The van der Waals surface area contributed by atoms with Crippen LogP contribution in [-0.2, 0) is 14.3 Å². The van der Waals surface area contributed by atoms with Gasteiger partial charge in [-0.05, 0) is 77.0 Å². The van der Waals surface area contributed by atoms with Crippen LogP contribution in [0.25, 0.3) is 0 Å². The minimum Gasteiger partial charge on any atom is -0.466 e. The second kappa shape index (κ2) is 62.9. The highest BCUT2D eigenvalue weighted by Crippen LogP contribution is 2.18. The second-order valence-corrected chi connectivity index (χ2v) is 22.8. The first-order chi connectivity index (χ1) is 36.0. The van der Waals surface area contributed by atoms with Crippen LogP contribution in [-0.4, -0.2) is 47.4 Å². The summed E-state index contributed by atoms with van der Waals surface area (Å²) in [5, 5.41) is 23.4. The van der Waals surface area contributed by atoms with E-state index in [4.69, 9.17) is 4.74 Å². The van der Waals surface area contributed by atoms with Gasteiger partial charge in [0.1, 0.15) is 0 Å². The third kappa shape index (κ3) is 59.4. The summed E-state index contributed by atoms with van der Waals surface area (Å²) in [4.78, 5) is 24.6. The van der Waals surface area contributed by atoms with E-state index in [0.717, 1.165) is 70.6 Å². The van der Waals surface area contributed by atoms with Crippen molar-refractivity contribution in [3.8, 4) is 0 Å². The van der Waals surface area contributed by atoms with E-state index < -0.39 is 12.1 Å². The molecular weight excluding hydrogens is 899 g/mol. The Balaban J connectivity index is 3.46. The van der Waals surface area contributed by atoms with Crippen LogP contribution < -0.4 is 5.32 Å². The van der Waals surface area contributed by atoms with Crippen LogP contribution in [0, 0.1) is 0 Å². The van der Waals surface area contributed by atoms with Crippen molar-refractivity contribution in [1.82, 2.24) is 5.32 Å². The molecule has 0 aliphatic carbocycles. The van der Waals surface area contributed by atoms with Crippen molar-refractivity contribution in [2.24, 2.45) is 0 Å². The SMILES string of the molecule is CCCCCCCCC/C=C\CCCCCCCCCC(=O)OCCCCCCCC/C=C\CCCCCC(=O)NC(CO)C(O)CCCCCCCCCCCCCCCCCCCCCCCCCCC. The van der Waals surface area contributed by atoms with Crippen molar-refractivity contribution >= 4 is 11.9 Å². The molecule has 0 fully saturated rings. The van der Waals surface area contributed by atoms with Crippen molar-refractivity contribution in [2.75, 3.05) is 13.2 Å². The van der Waals surface area contributed by atoms with Crippen molar-refractivity contribution in [3.05, 3.63) is 24.3 Å². The summed E-state index contributed by atoms with van der Waals surface area (Å²) in [7, 11) is 0. The van der Waals surface area contributed by atoms with E-state index >= 15 is 0 Å². The molecule has 0 rings (SSSR count). The number of rotatable bonds is 62. The van der Waals surface area contributed by atoms with Crippen molar-refractivity contribution < 1.29 is 24.5 Å². The molecule has 0 spiro atoms. The first kappa shape index (κ1) is 71.3. The molecule has 0 radical (unpaired) electrons. The van der Waals surface area contributed by atoms with Gasteiger partial charge in [0.25, 0.3) is 0 Å². The second-order valence-electron chi connectivity index (χ2n) is 22.8. The number of allylic oxidation sites excluding steroid dienone is 4. The molecule has 0 aromatic rings. The summed E-state index contributed by atoms with van der Waals surface area (Å²) in [6.45, 7) is 4.94. The minimum absolute atomic E-state index is 0.0142. The molecule has 0 bridgehead atoms. The number of nitrogens with one attached hydrogen (secondary N) is 1. The zero-order chi connectivity index (χ0) is 52.9. The van der Waals surface area contributed by atoms with Crippen LogP contribution in [0.15, 0.2) is 24.3 Å². The van der Waals surface area contributed by atoms with E-state index in [9.17, 15) is 19.8 Å². The number of unbranched alkanes of at least 4 members (excludes halogenated alkanes) is 47. The molecule has 6 nitrogen and oxygen atoms in total. The third-order valence-electron chi connectivity index (χ3n) is 15.5. The van der Waals surface area contributed by atoms with Gasteiger partial charge in [-0.1, -0.05) is 301 Å². The Labute approximate surface area is 456 Å². The molecule has 0 heterocycles. The van der Waals surface area contributed by atoms with E-state index in [0.29, 0.717) is 25.9 Å². The van der Waals surface area contributed by atoms with Crippen LogP contribution in [0.2, 0.25) is 0 Å². The van der Waals surface area contributed by atoms with Gasteiger partial charge in [-0.2, -0.15) is 0 Å². The highest BCUT2D eigenvalue weighted by molar-refractivity contribution is 5.76. The molecule has 0 saturated carbocycles. The fourth-order valence-electron chi connectivity index (χ4n) is 10.4. The number of ether oxygens (including phenoxy) is 1. The lowest BCUT2D eigenvalue weighted by Crippen LogP contribution is -2.45. The van der Waals surface area contributed by atoms with Crippen LogP contribution in [0.4, 0.5) is 0 Å². The van der Waals surface area contributed by atoms with Gasteiger partial charge in [-0.25, -0.2) is 0 Å². The van der Waals surface area contributed by atoms with Gasteiger partial charge in [0.2, 0.25) is 5.91 Å². The largest absolute Gasteiger partial charge is 0.466 e. The van der Waals surface area contributed by atoms with Gasteiger partial charge >= 0.3 is 5.97 Å². The average molecular weight is 1030 g/mol. The normalized spacial score (nSPS) is 12.7. The Morgan fingerprint density at radius 3 is 0.986 bits per heavy atom. The molecular formula is C67H129NO5. The number of aliphatic hydroxyl groups excluding tert-OH is 2. The molecule has 0 aromatic heterocycles. The van der Waals surface area contributed by atoms with Crippen LogP contribution in [0.1, 0.15) is 367 Å². The maximum Gasteiger partial charge on any atom is 0.305 e. The molecule has 2 unspecified atom stereocenters. The molecule has 0 aliphatic heterocycles. The number of hydrogen-bond donors (Lipinski definition) is 3. The minimum atomic E-state index is -0.683. The fraction of sp³-hybridized carbons (Fsp3) is 0.910. The summed E-state index contributed by atoms with van der Waals surface area (Å²) >= 11 is 0. The number of amides is 1. The van der Waals surface area contributed by atoms with E-state index in [1.165, 1.54) is 263 Å². The first-order valence-electron chi connectivity index (χ1n) is 33.1. The van der Waals surface area contributed by atoms with Gasteiger partial charge in [0.05, 0.1) is 25.4 Å². The number of aliphatic hydroxyl groups is 2. The Kier molecular flexibility index (Phi) is 61.4. The van der Waals surface area contributed by atoms with E-state index in [2.05, 4.69) is 43.5 Å². The van der Waals surface area contributed by atoms with Gasteiger partial charge in [-0.15, -0.1) is 0 Å². The first-order valence-corrected chi connectivity index (χ1v) is 33.1. The van der Waals surface area contributed by atoms with Crippen LogP contribution in [0.3, 0.4) is 0 Å². The van der Waals surface area contributed by atoms with Crippen molar-refractivity contribution in [1.29, 1.82) is 0 Å². The van der Waals surface area contributed by atoms with E-state index in [-0.39, 0.29) is 18.5 Å². The fourth-order valence-corrected chi connectivity index (χ4v) is 10.4. The predicted molar refractivity (Wildman–Crippen MR) is 320 cm³/mol. The van der Waals surface area contributed by atoms with E-state index in [1.807, 2.05) is 0 Å². The summed E-state index contributed by atoms with van der Waals surface area (Å²) in [5.74, 6) is -0.0752. The summed E-state index contributed by atoms with van der Waals surface area (Å²) in [6.07, 6.45) is 77.7. The van der Waals surface area contributed by atoms with Gasteiger partial charge in [-0.3, -0.25) is 9.59 Å². The Morgan fingerprint density at radius 1 is 0.370 bits per heavy atom. The zero-order valence-electron chi connectivity index (χ0n) is 49.4. The highest BCUT2D eigenvalue weighted by Gasteiger charge is 2.20. The van der Waals surface area contributed by atoms with Gasteiger partial charge in [0, 0.05) is 12.8 Å². The summed E-state index contributed by atoms with van der Waals surface area (Å²) in [5.41, 5.74) is 0. The van der Waals surface area contributed by atoms with Crippen LogP contribution in [0.5, 0.6) is 0 Å². The van der Waals surface area contributed by atoms with Crippen molar-refractivity contribution in [3.63, 3.8) is 0 Å².